The van der Waals surface area contributed by atoms with Gasteiger partial charge in [0.25, 0.3) is 0 Å². The van der Waals surface area contributed by atoms with Gasteiger partial charge in [0.05, 0.1) is 0 Å². The molecule has 3 heteroatoms. The summed E-state index contributed by atoms with van der Waals surface area (Å²) in [5.74, 6) is -2.52. The van der Waals surface area contributed by atoms with E-state index in [1.165, 1.54) is 69.9 Å². The second-order valence-corrected chi connectivity index (χ2v) is 8.73. The van der Waals surface area contributed by atoms with Crippen LogP contribution < -0.4 is 0 Å². The first-order chi connectivity index (χ1) is 12.6. The normalized spacial score (nSPS) is 26.0. The number of rotatable bonds is 6. The van der Waals surface area contributed by atoms with Crippen LogP contribution in [-0.2, 0) is 0 Å². The summed E-state index contributed by atoms with van der Waals surface area (Å²) in [6.45, 7) is 2.26. The lowest BCUT2D eigenvalue weighted by atomic mass is 9.58. The molecule has 2 aliphatic rings. The number of benzene rings is 1. The Morgan fingerprint density at radius 2 is 1.50 bits per heavy atom. The van der Waals surface area contributed by atoms with Crippen LogP contribution in [0.15, 0.2) is 12.1 Å². The molecular formula is C23H33F3. The van der Waals surface area contributed by atoms with E-state index in [0.717, 1.165) is 31.6 Å². The van der Waals surface area contributed by atoms with Gasteiger partial charge in [0.1, 0.15) is 0 Å². The van der Waals surface area contributed by atoms with Crippen molar-refractivity contribution in [1.29, 1.82) is 0 Å². The summed E-state index contributed by atoms with van der Waals surface area (Å²) >= 11 is 0. The summed E-state index contributed by atoms with van der Waals surface area (Å²) < 4.78 is 40.4. The zero-order valence-electron chi connectivity index (χ0n) is 16.1. The number of unbranched alkanes of at least 4 members (excludes halogenated alkanes) is 2. The average molecular weight is 367 g/mol. The van der Waals surface area contributed by atoms with Crippen LogP contribution in [0.25, 0.3) is 0 Å². The topological polar surface area (TPSA) is 0 Å². The van der Waals surface area contributed by atoms with E-state index in [1.807, 2.05) is 0 Å². The lowest BCUT2D eigenvalue weighted by molar-refractivity contribution is 0.0507. The van der Waals surface area contributed by atoms with E-state index in [-0.39, 0.29) is 5.92 Å². The van der Waals surface area contributed by atoms with Gasteiger partial charge in [0.15, 0.2) is 17.5 Å². The highest BCUT2D eigenvalue weighted by atomic mass is 19.2. The Balaban J connectivity index is 1.66. The molecule has 0 radical (unpaired) electrons. The third-order valence-corrected chi connectivity index (χ3v) is 7.20. The Kier molecular flexibility index (Phi) is 6.69. The molecule has 2 saturated carbocycles. The van der Waals surface area contributed by atoms with Crippen LogP contribution in [0, 0.1) is 28.8 Å². The van der Waals surface area contributed by atoms with Gasteiger partial charge in [-0.3, -0.25) is 0 Å². The predicted molar refractivity (Wildman–Crippen MR) is 101 cm³/mol. The summed E-state index contributed by atoms with van der Waals surface area (Å²) in [5.41, 5.74) is 1.15. The van der Waals surface area contributed by atoms with Crippen LogP contribution in [0.5, 0.6) is 0 Å². The van der Waals surface area contributed by atoms with Gasteiger partial charge in [-0.05, 0) is 79.9 Å². The van der Waals surface area contributed by atoms with Crippen molar-refractivity contribution in [3.8, 4) is 0 Å². The summed E-state index contributed by atoms with van der Waals surface area (Å²) in [7, 11) is 0. The Morgan fingerprint density at radius 1 is 0.885 bits per heavy atom. The first-order valence-electron chi connectivity index (χ1n) is 10.7. The molecule has 0 nitrogen and oxygen atoms in total. The fraction of sp³-hybridized carbons (Fsp3) is 0.739. The predicted octanol–water partition coefficient (Wildman–Crippen LogP) is 7.91. The van der Waals surface area contributed by atoms with Gasteiger partial charge in [-0.15, -0.1) is 0 Å². The monoisotopic (exact) mass is 366 g/mol. The van der Waals surface area contributed by atoms with Crippen molar-refractivity contribution < 1.29 is 13.2 Å². The van der Waals surface area contributed by atoms with Crippen LogP contribution in [0.1, 0.15) is 102 Å². The molecule has 0 saturated heterocycles. The highest BCUT2D eigenvalue weighted by Gasteiger charge is 2.40. The molecule has 146 valence electrons. The summed E-state index contributed by atoms with van der Waals surface area (Å²) in [4.78, 5) is 0. The van der Waals surface area contributed by atoms with Crippen LogP contribution in [0.4, 0.5) is 13.2 Å². The maximum absolute atomic E-state index is 13.6. The third-order valence-electron chi connectivity index (χ3n) is 7.20. The molecule has 0 amide bonds. The van der Waals surface area contributed by atoms with Crippen molar-refractivity contribution in [1.82, 2.24) is 0 Å². The largest absolute Gasteiger partial charge is 0.204 e. The Morgan fingerprint density at radius 3 is 2.08 bits per heavy atom. The zero-order chi connectivity index (χ0) is 18.6. The van der Waals surface area contributed by atoms with E-state index < -0.39 is 17.5 Å². The third kappa shape index (κ3) is 4.28. The number of hydrogen-bond acceptors (Lipinski definition) is 0. The fourth-order valence-corrected chi connectivity index (χ4v) is 5.70. The SMILES string of the molecule is CCCCCC1([C@H]2CC[C@H](c3cc(F)c(F)c(F)c3)CC2)CCCCC1. The summed E-state index contributed by atoms with van der Waals surface area (Å²) in [6.07, 6.45) is 16.4. The molecule has 0 aromatic heterocycles. The Hall–Kier alpha value is -0.990. The average Bonchev–Trinajstić information content (AvgIpc) is 2.67. The molecule has 0 aliphatic heterocycles. The molecule has 1 aromatic carbocycles. The highest BCUT2D eigenvalue weighted by molar-refractivity contribution is 5.23. The van der Waals surface area contributed by atoms with E-state index in [0.29, 0.717) is 11.0 Å². The van der Waals surface area contributed by atoms with Crippen molar-refractivity contribution in [2.24, 2.45) is 11.3 Å². The fourth-order valence-electron chi connectivity index (χ4n) is 5.70. The molecule has 0 N–H and O–H groups in total. The lowest BCUT2D eigenvalue weighted by Crippen LogP contribution is -2.35. The minimum absolute atomic E-state index is 0.173. The first kappa shape index (κ1) is 19.8. The molecule has 0 unspecified atom stereocenters. The minimum atomic E-state index is -1.35. The molecule has 0 spiro atoms. The molecule has 3 rings (SSSR count). The van der Waals surface area contributed by atoms with Gasteiger partial charge >= 0.3 is 0 Å². The van der Waals surface area contributed by atoms with Gasteiger partial charge < -0.3 is 0 Å². The molecule has 0 atom stereocenters. The number of halogens is 3. The number of hydrogen-bond donors (Lipinski definition) is 0. The first-order valence-corrected chi connectivity index (χ1v) is 10.7. The maximum Gasteiger partial charge on any atom is 0.194 e. The van der Waals surface area contributed by atoms with Gasteiger partial charge in [-0.2, -0.15) is 0 Å². The van der Waals surface area contributed by atoms with Crippen LogP contribution in [0.2, 0.25) is 0 Å². The molecular weight excluding hydrogens is 333 g/mol. The Labute approximate surface area is 156 Å². The lowest BCUT2D eigenvalue weighted by Gasteiger charge is -2.47. The quantitative estimate of drug-likeness (QED) is 0.354. The van der Waals surface area contributed by atoms with E-state index in [1.54, 1.807) is 0 Å². The molecule has 26 heavy (non-hydrogen) atoms. The van der Waals surface area contributed by atoms with Crippen LogP contribution in [-0.4, -0.2) is 0 Å². The maximum atomic E-state index is 13.6. The summed E-state index contributed by atoms with van der Waals surface area (Å²) in [5, 5.41) is 0. The molecule has 2 fully saturated rings. The van der Waals surface area contributed by atoms with Crippen LogP contribution >= 0.6 is 0 Å². The van der Waals surface area contributed by atoms with Gasteiger partial charge in [-0.25, -0.2) is 13.2 Å². The standard InChI is InChI=1S/C23H33F3/c1-2-3-5-12-23(13-6-4-7-14-23)19-10-8-17(9-11-19)18-15-20(24)22(26)21(25)16-18/h15-17,19H,2-14H2,1H3/t17-,19-. The smallest absolute Gasteiger partial charge is 0.194 e. The van der Waals surface area contributed by atoms with E-state index >= 15 is 0 Å². The van der Waals surface area contributed by atoms with Crippen LogP contribution in [0.3, 0.4) is 0 Å². The van der Waals surface area contributed by atoms with Crippen molar-refractivity contribution in [3.05, 3.63) is 35.1 Å². The second kappa shape index (κ2) is 8.80. The minimum Gasteiger partial charge on any atom is -0.204 e. The highest BCUT2D eigenvalue weighted by Crippen LogP contribution is 2.53. The Bertz CT molecular complexity index is 558. The van der Waals surface area contributed by atoms with Gasteiger partial charge in [0.2, 0.25) is 0 Å². The molecule has 2 aliphatic carbocycles. The molecule has 0 bridgehead atoms. The second-order valence-electron chi connectivity index (χ2n) is 8.73. The molecule has 0 heterocycles. The van der Waals surface area contributed by atoms with Crippen molar-refractivity contribution in [3.63, 3.8) is 0 Å². The van der Waals surface area contributed by atoms with Crippen molar-refractivity contribution in [2.45, 2.75) is 96.3 Å². The van der Waals surface area contributed by atoms with Crippen molar-refractivity contribution >= 4 is 0 Å². The van der Waals surface area contributed by atoms with E-state index in [4.69, 9.17) is 0 Å². The van der Waals surface area contributed by atoms with E-state index in [2.05, 4.69) is 6.92 Å². The van der Waals surface area contributed by atoms with E-state index in [9.17, 15) is 13.2 Å². The molecule has 1 aromatic rings. The van der Waals surface area contributed by atoms with Gasteiger partial charge in [-0.1, -0.05) is 45.4 Å². The van der Waals surface area contributed by atoms with Crippen molar-refractivity contribution in [2.75, 3.05) is 0 Å². The summed E-state index contributed by atoms with van der Waals surface area (Å²) in [6, 6.07) is 2.42. The zero-order valence-corrected chi connectivity index (χ0v) is 16.1. The van der Waals surface area contributed by atoms with Gasteiger partial charge in [0, 0.05) is 0 Å².